The zero-order valence-electron chi connectivity index (χ0n) is 12.7. The molecule has 3 heterocycles. The van der Waals surface area contributed by atoms with E-state index in [0.717, 1.165) is 31.4 Å². The summed E-state index contributed by atoms with van der Waals surface area (Å²) in [6.07, 6.45) is 1.71. The minimum atomic E-state index is -0.330. The number of aliphatic hydroxyl groups is 1. The molecule has 1 aliphatic heterocycles. The van der Waals surface area contributed by atoms with Gasteiger partial charge in [0.15, 0.2) is 0 Å². The Morgan fingerprint density at radius 1 is 1.50 bits per heavy atom. The van der Waals surface area contributed by atoms with Crippen LogP contribution in [0.4, 0.5) is 0 Å². The number of likely N-dealkylation sites (N-methyl/N-ethyl adjacent to an activating group) is 1. The maximum Gasteiger partial charge on any atom is 0.268 e. The van der Waals surface area contributed by atoms with E-state index in [1.807, 2.05) is 23.4 Å². The Morgan fingerprint density at radius 3 is 3.05 bits per heavy atom. The third-order valence-corrected chi connectivity index (χ3v) is 5.11. The molecule has 6 nitrogen and oxygen atoms in total. The van der Waals surface area contributed by atoms with Crippen molar-refractivity contribution in [1.29, 1.82) is 0 Å². The number of piperidine rings is 1. The van der Waals surface area contributed by atoms with Gasteiger partial charge in [0.2, 0.25) is 0 Å². The van der Waals surface area contributed by atoms with E-state index in [-0.39, 0.29) is 11.7 Å². The lowest BCUT2D eigenvalue weighted by Gasteiger charge is -2.29. The average Bonchev–Trinajstić information content (AvgIpc) is 2.97. The Bertz CT molecular complexity index is 677. The van der Waals surface area contributed by atoms with Crippen LogP contribution in [0, 0.1) is 5.92 Å². The first-order chi connectivity index (χ1) is 10.6. The van der Waals surface area contributed by atoms with Crippen molar-refractivity contribution < 1.29 is 5.11 Å². The molecule has 0 saturated carbocycles. The Kier molecular flexibility index (Phi) is 4.87. The summed E-state index contributed by atoms with van der Waals surface area (Å²) >= 11 is 1.41. The van der Waals surface area contributed by atoms with E-state index in [4.69, 9.17) is 0 Å². The third-order valence-electron chi connectivity index (χ3n) is 4.21. The number of aliphatic hydroxyl groups excluding tert-OH is 1. The van der Waals surface area contributed by atoms with Gasteiger partial charge in [0.1, 0.15) is 10.5 Å². The molecular weight excluding hydrogens is 300 g/mol. The maximum atomic E-state index is 12.0. The van der Waals surface area contributed by atoms with Crippen LogP contribution < -0.4 is 10.9 Å². The number of hydrogen-bond donors (Lipinski definition) is 3. The fraction of sp³-hybridized carbons (Fsp3) is 0.600. The molecule has 0 radical (unpaired) electrons. The minimum absolute atomic E-state index is 0.0812. The molecule has 2 aromatic rings. The van der Waals surface area contributed by atoms with Crippen molar-refractivity contribution in [2.75, 3.05) is 26.7 Å². The highest BCUT2D eigenvalue weighted by Gasteiger charge is 2.22. The van der Waals surface area contributed by atoms with Gasteiger partial charge in [0.25, 0.3) is 5.56 Å². The molecule has 1 aliphatic rings. The highest BCUT2D eigenvalue weighted by Crippen LogP contribution is 2.18. The predicted molar refractivity (Wildman–Crippen MR) is 88.2 cm³/mol. The molecule has 120 valence electrons. The van der Waals surface area contributed by atoms with Crippen molar-refractivity contribution >= 4 is 21.6 Å². The van der Waals surface area contributed by atoms with Gasteiger partial charge in [-0.15, -0.1) is 11.3 Å². The highest BCUT2D eigenvalue weighted by molar-refractivity contribution is 7.17. The largest absolute Gasteiger partial charge is 0.392 e. The number of H-pyrrole nitrogens is 1. The van der Waals surface area contributed by atoms with Gasteiger partial charge in [0.05, 0.1) is 18.2 Å². The van der Waals surface area contributed by atoms with Crippen molar-refractivity contribution in [3.8, 4) is 0 Å². The average molecular weight is 322 g/mol. The van der Waals surface area contributed by atoms with Crippen LogP contribution in [0.2, 0.25) is 0 Å². The summed E-state index contributed by atoms with van der Waals surface area (Å²) in [6.45, 7) is 3.09. The number of nitrogens with zero attached hydrogens (tertiary/aromatic N) is 2. The van der Waals surface area contributed by atoms with Gasteiger partial charge < -0.3 is 15.4 Å². The number of fused-ring (bicyclic) bond motifs is 1. The van der Waals surface area contributed by atoms with Gasteiger partial charge in [-0.25, -0.2) is 4.98 Å². The second kappa shape index (κ2) is 6.87. The van der Waals surface area contributed by atoms with Crippen molar-refractivity contribution in [2.45, 2.75) is 25.5 Å². The molecule has 0 bridgehead atoms. The lowest BCUT2D eigenvalue weighted by molar-refractivity contribution is 0.0556. The molecule has 2 aromatic heterocycles. The first-order valence-corrected chi connectivity index (χ1v) is 8.55. The Hall–Kier alpha value is -1.28. The SMILES string of the molecule is CN(Cc1nc2ccsc2c(=O)[nH]1)CC(O)C1CCNCC1. The molecule has 3 N–H and O–H groups in total. The summed E-state index contributed by atoms with van der Waals surface area (Å²) in [6, 6.07) is 1.86. The van der Waals surface area contributed by atoms with Gasteiger partial charge in [-0.3, -0.25) is 9.69 Å². The van der Waals surface area contributed by atoms with E-state index >= 15 is 0 Å². The topological polar surface area (TPSA) is 81.2 Å². The molecular formula is C15H22N4O2S. The van der Waals surface area contributed by atoms with E-state index < -0.39 is 0 Å². The third kappa shape index (κ3) is 3.55. The molecule has 0 aromatic carbocycles. The number of rotatable bonds is 5. The van der Waals surface area contributed by atoms with Crippen molar-refractivity contribution in [3.63, 3.8) is 0 Å². The van der Waals surface area contributed by atoms with Crippen molar-refractivity contribution in [1.82, 2.24) is 20.2 Å². The number of thiophene rings is 1. The smallest absolute Gasteiger partial charge is 0.268 e. The van der Waals surface area contributed by atoms with Crippen LogP contribution in [0.15, 0.2) is 16.2 Å². The maximum absolute atomic E-state index is 12.0. The van der Waals surface area contributed by atoms with Gasteiger partial charge >= 0.3 is 0 Å². The number of aromatic amines is 1. The van der Waals surface area contributed by atoms with Crippen LogP contribution in [0.5, 0.6) is 0 Å². The standard InChI is InChI=1S/C15H22N4O2S/c1-19(8-12(20)10-2-5-16-6-3-10)9-13-17-11-4-7-22-14(11)15(21)18-13/h4,7,10,12,16,20H,2-3,5-6,8-9H2,1H3,(H,17,18,21). The molecule has 1 unspecified atom stereocenters. The number of hydrogen-bond acceptors (Lipinski definition) is 6. The Balaban J connectivity index is 1.62. The predicted octanol–water partition coefficient (Wildman–Crippen LogP) is 0.777. The fourth-order valence-electron chi connectivity index (χ4n) is 3.01. The van der Waals surface area contributed by atoms with E-state index in [1.54, 1.807) is 0 Å². The van der Waals surface area contributed by atoms with Crippen LogP contribution in [0.25, 0.3) is 10.2 Å². The molecule has 0 aliphatic carbocycles. The molecule has 22 heavy (non-hydrogen) atoms. The summed E-state index contributed by atoms with van der Waals surface area (Å²) in [7, 11) is 1.95. The van der Waals surface area contributed by atoms with Crippen molar-refractivity contribution in [3.05, 3.63) is 27.6 Å². The molecule has 1 fully saturated rings. The van der Waals surface area contributed by atoms with Crippen LogP contribution in [0.1, 0.15) is 18.7 Å². The summed E-state index contributed by atoms with van der Waals surface area (Å²) < 4.78 is 0.668. The second-order valence-electron chi connectivity index (χ2n) is 6.00. The van der Waals surface area contributed by atoms with Crippen LogP contribution in [-0.2, 0) is 6.54 Å². The molecule has 1 saturated heterocycles. The van der Waals surface area contributed by atoms with Gasteiger partial charge in [-0.05, 0) is 50.3 Å². The summed E-state index contributed by atoms with van der Waals surface area (Å²) in [5.74, 6) is 1.01. The van der Waals surface area contributed by atoms with E-state index in [2.05, 4.69) is 15.3 Å². The van der Waals surface area contributed by atoms with Gasteiger partial charge in [-0.1, -0.05) is 0 Å². The lowest BCUT2D eigenvalue weighted by Crippen LogP contribution is -2.39. The van der Waals surface area contributed by atoms with E-state index in [1.165, 1.54) is 11.3 Å². The number of nitrogens with one attached hydrogen (secondary N) is 2. The monoisotopic (exact) mass is 322 g/mol. The molecule has 3 rings (SSSR count). The van der Waals surface area contributed by atoms with E-state index in [0.29, 0.717) is 29.5 Å². The summed E-state index contributed by atoms with van der Waals surface area (Å²) in [5.41, 5.74) is 0.665. The number of aromatic nitrogens is 2. The first kappa shape index (κ1) is 15.6. The van der Waals surface area contributed by atoms with Crippen LogP contribution in [0.3, 0.4) is 0 Å². The lowest BCUT2D eigenvalue weighted by atomic mass is 9.92. The normalized spacial score (nSPS) is 18.1. The first-order valence-electron chi connectivity index (χ1n) is 7.67. The quantitative estimate of drug-likeness (QED) is 0.758. The molecule has 7 heteroatoms. The second-order valence-corrected chi connectivity index (χ2v) is 6.92. The van der Waals surface area contributed by atoms with Gasteiger partial charge in [-0.2, -0.15) is 0 Å². The molecule has 1 atom stereocenters. The zero-order valence-corrected chi connectivity index (χ0v) is 13.5. The Labute approximate surface area is 133 Å². The molecule has 0 amide bonds. The highest BCUT2D eigenvalue weighted by atomic mass is 32.1. The Morgan fingerprint density at radius 2 is 2.27 bits per heavy atom. The fourth-order valence-corrected chi connectivity index (χ4v) is 3.74. The van der Waals surface area contributed by atoms with Crippen LogP contribution >= 0.6 is 11.3 Å². The van der Waals surface area contributed by atoms with Crippen LogP contribution in [-0.4, -0.2) is 52.8 Å². The van der Waals surface area contributed by atoms with Crippen molar-refractivity contribution in [2.24, 2.45) is 5.92 Å². The summed E-state index contributed by atoms with van der Waals surface area (Å²) in [5, 5.41) is 15.5. The zero-order chi connectivity index (χ0) is 15.5. The van der Waals surface area contributed by atoms with E-state index in [9.17, 15) is 9.90 Å². The summed E-state index contributed by atoms with van der Waals surface area (Å²) in [4.78, 5) is 21.3. The minimum Gasteiger partial charge on any atom is -0.392 e. The molecule has 0 spiro atoms. The van der Waals surface area contributed by atoms with Gasteiger partial charge in [0, 0.05) is 6.54 Å².